The van der Waals surface area contributed by atoms with Crippen LogP contribution in [0.3, 0.4) is 0 Å². The Morgan fingerprint density at radius 3 is 1.45 bits per heavy atom. The van der Waals surface area contributed by atoms with E-state index in [4.69, 9.17) is 0 Å². The smallest absolute Gasteiger partial charge is 0.264 e. The molecule has 0 unspecified atom stereocenters. The van der Waals surface area contributed by atoms with Crippen molar-refractivity contribution < 1.29 is 0 Å². The SMILES string of the molecule is CCc1cc2c3c(c1)N(c1ccc4c(c1)C(C)(C)CCC4(C)C)c1c(sc4cc5c(cc14)C(C)(C)CCC5(C)C)B3c1cc(C(C)(C)C)ccc1N2c1ccc2c(c1)C(C)(C)CCC2(C)C. The van der Waals surface area contributed by atoms with Crippen LogP contribution in [0.15, 0.2) is 78.9 Å². The molecule has 2 nitrogen and oxygen atoms in total. The van der Waals surface area contributed by atoms with Gasteiger partial charge in [0, 0.05) is 43.3 Å². The average molecular weight is 891 g/mol. The predicted molar refractivity (Wildman–Crippen MR) is 290 cm³/mol. The van der Waals surface area contributed by atoms with E-state index < -0.39 is 0 Å². The molecule has 342 valence electrons. The molecule has 0 N–H and O–H groups in total. The number of fused-ring (bicyclic) bond motifs is 9. The Morgan fingerprint density at radius 2 is 0.955 bits per heavy atom. The summed E-state index contributed by atoms with van der Waals surface area (Å²) in [5.74, 6) is 0. The highest BCUT2D eigenvalue weighted by Gasteiger charge is 2.48. The number of benzene rings is 5. The summed E-state index contributed by atoms with van der Waals surface area (Å²) in [6.45, 7) is 39.3. The zero-order chi connectivity index (χ0) is 47.1. The topological polar surface area (TPSA) is 6.48 Å². The Kier molecular flexibility index (Phi) is 9.33. The number of rotatable bonds is 3. The molecule has 0 fully saturated rings. The highest BCUT2D eigenvalue weighted by molar-refractivity contribution is 7.33. The zero-order valence-corrected chi connectivity index (χ0v) is 44.2. The third kappa shape index (κ3) is 6.38. The lowest BCUT2D eigenvalue weighted by Crippen LogP contribution is -2.60. The third-order valence-corrected chi connectivity index (χ3v) is 19.4. The lowest BCUT2D eigenvalue weighted by Gasteiger charge is -2.46. The van der Waals surface area contributed by atoms with Crippen molar-refractivity contribution >= 4 is 78.0 Å². The van der Waals surface area contributed by atoms with E-state index in [0.717, 1.165) is 6.42 Å². The van der Waals surface area contributed by atoms with Crippen molar-refractivity contribution in [1.29, 1.82) is 0 Å². The largest absolute Gasteiger partial charge is 0.311 e. The third-order valence-electron chi connectivity index (χ3n) is 18.2. The summed E-state index contributed by atoms with van der Waals surface area (Å²) in [5.41, 5.74) is 23.5. The van der Waals surface area contributed by atoms with Crippen molar-refractivity contribution in [3.05, 3.63) is 123 Å². The normalized spacial score (nSPS) is 21.1. The minimum Gasteiger partial charge on any atom is -0.311 e. The van der Waals surface area contributed by atoms with Crippen molar-refractivity contribution in [2.24, 2.45) is 0 Å². The van der Waals surface area contributed by atoms with Gasteiger partial charge in [0.15, 0.2) is 0 Å². The summed E-state index contributed by atoms with van der Waals surface area (Å²) in [4.78, 5) is 5.45. The van der Waals surface area contributed by atoms with E-state index >= 15 is 0 Å². The van der Waals surface area contributed by atoms with Gasteiger partial charge >= 0.3 is 0 Å². The van der Waals surface area contributed by atoms with Crippen molar-refractivity contribution in [2.45, 2.75) is 194 Å². The fourth-order valence-corrected chi connectivity index (χ4v) is 14.6. The van der Waals surface area contributed by atoms with Crippen molar-refractivity contribution in [3.8, 4) is 0 Å². The van der Waals surface area contributed by atoms with Crippen LogP contribution in [0.5, 0.6) is 0 Å². The van der Waals surface area contributed by atoms with Crippen molar-refractivity contribution in [1.82, 2.24) is 0 Å². The molecular weight excluding hydrogens is 816 g/mol. The number of hydrogen-bond acceptors (Lipinski definition) is 3. The van der Waals surface area contributed by atoms with E-state index in [-0.39, 0.29) is 44.6 Å². The van der Waals surface area contributed by atoms with E-state index in [1.807, 2.05) is 0 Å². The molecule has 3 heterocycles. The van der Waals surface area contributed by atoms with E-state index in [2.05, 4.69) is 211 Å². The molecule has 0 radical (unpaired) electrons. The summed E-state index contributed by atoms with van der Waals surface area (Å²) in [6.07, 6.45) is 8.20. The van der Waals surface area contributed by atoms with Gasteiger partial charge in [0.2, 0.25) is 0 Å². The highest BCUT2D eigenvalue weighted by Crippen LogP contribution is 2.55. The fourth-order valence-electron chi connectivity index (χ4n) is 13.3. The second-order valence-electron chi connectivity index (χ2n) is 26.5. The van der Waals surface area contributed by atoms with Gasteiger partial charge in [-0.1, -0.05) is 135 Å². The predicted octanol–water partition coefficient (Wildman–Crippen LogP) is 15.9. The fraction of sp³-hybridized carbons (Fsp3) is 0.484. The minimum atomic E-state index is 0.0000872. The number of anilines is 6. The summed E-state index contributed by atoms with van der Waals surface area (Å²) in [7, 11) is 0. The maximum Gasteiger partial charge on any atom is 0.264 e. The Labute approximate surface area is 402 Å². The van der Waals surface area contributed by atoms with E-state index in [9.17, 15) is 0 Å². The molecule has 1 aromatic heterocycles. The molecule has 0 spiro atoms. The molecule has 5 aliphatic rings. The molecule has 66 heavy (non-hydrogen) atoms. The Balaban J connectivity index is 1.27. The quantitative estimate of drug-likeness (QED) is 0.163. The maximum atomic E-state index is 2.77. The first-order valence-electron chi connectivity index (χ1n) is 25.6. The van der Waals surface area contributed by atoms with E-state index in [1.54, 1.807) is 5.56 Å². The second kappa shape index (κ2) is 13.9. The lowest BCUT2D eigenvalue weighted by molar-refractivity contribution is 0.332. The van der Waals surface area contributed by atoms with Crippen LogP contribution in [0.4, 0.5) is 34.1 Å². The Bertz CT molecular complexity index is 3030. The molecule has 6 aromatic rings. The molecule has 5 aromatic carbocycles. The Hall–Kier alpha value is -4.28. The first-order valence-corrected chi connectivity index (χ1v) is 26.4. The molecule has 0 bridgehead atoms. The van der Waals surface area contributed by atoms with Crippen LogP contribution in [-0.4, -0.2) is 6.71 Å². The molecular formula is C62H75BN2S. The molecule has 0 amide bonds. The van der Waals surface area contributed by atoms with Crippen LogP contribution in [0.25, 0.3) is 10.1 Å². The van der Waals surface area contributed by atoms with Gasteiger partial charge in [0.05, 0.1) is 5.69 Å². The van der Waals surface area contributed by atoms with Gasteiger partial charge in [-0.05, 0) is 193 Å². The van der Waals surface area contributed by atoms with Crippen LogP contribution >= 0.6 is 11.3 Å². The van der Waals surface area contributed by atoms with Crippen LogP contribution in [0.2, 0.25) is 0 Å². The second-order valence-corrected chi connectivity index (χ2v) is 27.6. The molecule has 2 aliphatic heterocycles. The Morgan fingerprint density at radius 1 is 0.500 bits per heavy atom. The summed E-state index contributed by atoms with van der Waals surface area (Å²) >= 11 is 2.08. The first-order chi connectivity index (χ1) is 30.7. The first kappa shape index (κ1) is 44.2. The molecule has 11 rings (SSSR count). The van der Waals surface area contributed by atoms with E-state index in [1.165, 1.54) is 137 Å². The number of hydrogen-bond donors (Lipinski definition) is 0. The lowest BCUT2D eigenvalue weighted by atomic mass is 9.36. The number of aryl methyl sites for hydroxylation is 1. The van der Waals surface area contributed by atoms with E-state index in [0.29, 0.717) is 0 Å². The molecule has 0 atom stereocenters. The molecule has 4 heteroatoms. The van der Waals surface area contributed by atoms with Crippen LogP contribution in [0, 0.1) is 0 Å². The number of thiophene rings is 1. The maximum absolute atomic E-state index is 2.77. The monoisotopic (exact) mass is 891 g/mol. The van der Waals surface area contributed by atoms with Crippen molar-refractivity contribution in [3.63, 3.8) is 0 Å². The number of nitrogens with zero attached hydrogens (tertiary/aromatic N) is 2. The molecule has 3 aliphatic carbocycles. The summed E-state index contributed by atoms with van der Waals surface area (Å²) < 4.78 is 2.91. The summed E-state index contributed by atoms with van der Waals surface area (Å²) in [6, 6.07) is 33.2. The van der Waals surface area contributed by atoms with Crippen LogP contribution < -0.4 is 25.5 Å². The molecule has 0 saturated carbocycles. The van der Waals surface area contributed by atoms with Crippen LogP contribution in [0.1, 0.15) is 194 Å². The summed E-state index contributed by atoms with van der Waals surface area (Å²) in [5, 5.41) is 1.42. The minimum absolute atomic E-state index is 0.0000872. The highest BCUT2D eigenvalue weighted by atomic mass is 32.1. The van der Waals surface area contributed by atoms with Gasteiger partial charge in [-0.3, -0.25) is 0 Å². The van der Waals surface area contributed by atoms with Gasteiger partial charge in [0.1, 0.15) is 0 Å². The zero-order valence-electron chi connectivity index (χ0n) is 43.3. The van der Waals surface area contributed by atoms with Gasteiger partial charge in [-0.2, -0.15) is 0 Å². The standard InChI is InChI=1S/C62H75BN2S/c1-17-37-30-50-53-51(31-37)65(40-20-22-43-45(34-40)60(11,12)27-25-58(43,7)8)54-41-35-46-47(62(15,16)29-28-61(46,13)14)36-52(41)66-55(54)63(53)48-32-38(56(2,3)4)18-23-49(48)64(50)39-19-21-42-44(33-39)59(9,10)26-24-57(42,5)6/h18-23,30-36H,17,24-29H2,1-16H3. The van der Waals surface area contributed by atoms with Gasteiger partial charge in [-0.15, -0.1) is 11.3 Å². The van der Waals surface area contributed by atoms with Crippen molar-refractivity contribution in [2.75, 3.05) is 9.80 Å². The van der Waals surface area contributed by atoms with Gasteiger partial charge in [-0.25, -0.2) is 0 Å². The molecule has 0 saturated heterocycles. The van der Waals surface area contributed by atoms with Crippen LogP contribution in [-0.2, 0) is 44.3 Å². The average Bonchev–Trinajstić information content (AvgIpc) is 3.62. The van der Waals surface area contributed by atoms with Gasteiger partial charge < -0.3 is 9.80 Å². The van der Waals surface area contributed by atoms with Gasteiger partial charge in [0.25, 0.3) is 6.71 Å².